The summed E-state index contributed by atoms with van der Waals surface area (Å²) in [7, 11) is 0. The fraction of sp³-hybridized carbons (Fsp3) is 0.0833. The zero-order chi connectivity index (χ0) is 21.1. The summed E-state index contributed by atoms with van der Waals surface area (Å²) in [6.45, 7) is 0.825. The van der Waals surface area contributed by atoms with Crippen LogP contribution in [0.4, 0.5) is 4.39 Å². The number of carbonyl (C=O) groups excluding carboxylic acids is 2. The van der Waals surface area contributed by atoms with Gasteiger partial charge in [-0.05, 0) is 30.2 Å². The van der Waals surface area contributed by atoms with Crippen molar-refractivity contribution in [3.63, 3.8) is 0 Å². The second kappa shape index (κ2) is 6.43. The molecule has 2 amide bonds. The molecule has 0 radical (unpaired) electrons. The number of nitrogens with zero attached hydrogens (tertiary/aromatic N) is 1. The molecule has 4 aromatic rings. The van der Waals surface area contributed by atoms with E-state index >= 15 is 0 Å². The molecular weight excluding hydrogens is 397 g/mol. The number of imide groups is 1. The Morgan fingerprint density at radius 2 is 1.87 bits per heavy atom. The first-order valence-electron chi connectivity index (χ1n) is 9.91. The average molecular weight is 413 g/mol. The summed E-state index contributed by atoms with van der Waals surface area (Å²) in [4.78, 5) is 29.0. The Labute approximate surface area is 175 Å². The second-order valence-corrected chi connectivity index (χ2v) is 7.62. The lowest BCUT2D eigenvalue weighted by Gasteiger charge is -2.10. The highest BCUT2D eigenvalue weighted by Gasteiger charge is 2.35. The molecule has 2 aromatic carbocycles. The molecule has 7 heteroatoms. The molecule has 6 nitrogen and oxygen atoms in total. The second-order valence-electron chi connectivity index (χ2n) is 7.62. The van der Waals surface area contributed by atoms with Crippen LogP contribution in [-0.2, 0) is 22.6 Å². The molecule has 0 saturated heterocycles. The standard InChI is InChI=1S/C24H16FN3O3/c25-15-10-14-5-9-31-22(14)17(11-15)19-20(24(30)27-23(19)29)18-12-26-6-8-28-7-4-13-2-1-3-16(18)21(13)28/h1-3,5-6,8-12,26H,4,7H2,(H,27,29,30). The van der Waals surface area contributed by atoms with Crippen LogP contribution in [0, 0.1) is 5.82 Å². The molecule has 0 bridgehead atoms. The van der Waals surface area contributed by atoms with Crippen LogP contribution in [0.3, 0.4) is 0 Å². The van der Waals surface area contributed by atoms with Crippen LogP contribution in [0.25, 0.3) is 33.0 Å². The first-order valence-corrected chi connectivity index (χ1v) is 9.91. The molecule has 152 valence electrons. The monoisotopic (exact) mass is 413 g/mol. The molecule has 0 fully saturated rings. The molecule has 2 aliphatic rings. The van der Waals surface area contributed by atoms with Crippen molar-refractivity contribution in [3.8, 4) is 0 Å². The van der Waals surface area contributed by atoms with E-state index in [1.165, 1.54) is 24.0 Å². The molecular formula is C24H16FN3O3. The minimum Gasteiger partial charge on any atom is -0.464 e. The number of furan rings is 1. The fourth-order valence-electron chi connectivity index (χ4n) is 4.60. The highest BCUT2D eigenvalue weighted by atomic mass is 19.1. The maximum absolute atomic E-state index is 14.4. The van der Waals surface area contributed by atoms with Gasteiger partial charge in [0, 0.05) is 47.0 Å². The highest BCUT2D eigenvalue weighted by molar-refractivity contribution is 6.50. The van der Waals surface area contributed by atoms with Crippen LogP contribution in [0.1, 0.15) is 16.7 Å². The molecule has 0 spiro atoms. The van der Waals surface area contributed by atoms with Crippen LogP contribution >= 0.6 is 0 Å². The minimum absolute atomic E-state index is 0.101. The Bertz CT molecular complexity index is 1520. The largest absolute Gasteiger partial charge is 0.464 e. The Morgan fingerprint density at radius 1 is 1.03 bits per heavy atom. The Balaban J connectivity index is 1.76. The molecule has 0 unspecified atom stereocenters. The van der Waals surface area contributed by atoms with Crippen molar-refractivity contribution < 1.29 is 18.4 Å². The number of aryl methyl sites for hydroxylation is 2. The van der Waals surface area contributed by atoms with Gasteiger partial charge in [0.15, 0.2) is 0 Å². The molecule has 0 aliphatic carbocycles. The third kappa shape index (κ3) is 2.56. The van der Waals surface area contributed by atoms with Gasteiger partial charge in [-0.25, -0.2) is 4.39 Å². The number of aromatic amines is 1. The van der Waals surface area contributed by atoms with E-state index in [2.05, 4.69) is 20.9 Å². The number of halogens is 1. The summed E-state index contributed by atoms with van der Waals surface area (Å²) in [5.41, 5.74) is 3.64. The first kappa shape index (κ1) is 17.7. The van der Waals surface area contributed by atoms with Gasteiger partial charge in [0.25, 0.3) is 11.8 Å². The van der Waals surface area contributed by atoms with E-state index in [0.29, 0.717) is 16.5 Å². The number of para-hydroxylation sites is 1. The van der Waals surface area contributed by atoms with Crippen molar-refractivity contribution in [1.29, 1.82) is 0 Å². The van der Waals surface area contributed by atoms with E-state index in [1.807, 2.05) is 18.3 Å². The number of rotatable bonds is 2. The van der Waals surface area contributed by atoms with Crippen LogP contribution < -0.4 is 5.32 Å². The number of nitrogens with one attached hydrogen (secondary N) is 2. The van der Waals surface area contributed by atoms with Gasteiger partial charge in [-0.1, -0.05) is 18.2 Å². The van der Waals surface area contributed by atoms with Gasteiger partial charge in [-0.15, -0.1) is 0 Å². The molecule has 0 saturated carbocycles. The molecule has 2 aromatic heterocycles. The van der Waals surface area contributed by atoms with E-state index in [4.69, 9.17) is 4.42 Å². The number of fused-ring (bicyclic) bond motifs is 1. The number of hydrogen-bond donors (Lipinski definition) is 2. The third-order valence-corrected chi connectivity index (χ3v) is 5.88. The zero-order valence-electron chi connectivity index (χ0n) is 16.2. The van der Waals surface area contributed by atoms with Gasteiger partial charge in [-0.3, -0.25) is 14.9 Å². The summed E-state index contributed by atoms with van der Waals surface area (Å²) in [6.07, 6.45) is 7.76. The number of H-pyrrole nitrogens is 1. The molecule has 2 aliphatic heterocycles. The predicted octanol–water partition coefficient (Wildman–Crippen LogP) is 4.10. The summed E-state index contributed by atoms with van der Waals surface area (Å²) in [6, 6.07) is 10.1. The van der Waals surface area contributed by atoms with Crippen molar-refractivity contribution in [1.82, 2.24) is 14.9 Å². The lowest BCUT2D eigenvalue weighted by molar-refractivity contribution is -0.122. The lowest BCUT2D eigenvalue weighted by Crippen LogP contribution is -2.22. The van der Waals surface area contributed by atoms with Crippen molar-refractivity contribution in [3.05, 3.63) is 83.8 Å². The van der Waals surface area contributed by atoms with E-state index in [1.54, 1.807) is 18.5 Å². The summed E-state index contributed by atoms with van der Waals surface area (Å²) in [5, 5.41) is 3.73. The lowest BCUT2D eigenvalue weighted by atomic mass is 9.93. The first-order chi connectivity index (χ1) is 15.1. The fourth-order valence-corrected chi connectivity index (χ4v) is 4.60. The number of carbonyl (C=O) groups is 2. The average Bonchev–Trinajstić information content (AvgIpc) is 3.43. The van der Waals surface area contributed by atoms with Gasteiger partial charge < -0.3 is 14.0 Å². The van der Waals surface area contributed by atoms with Crippen molar-refractivity contribution in [2.24, 2.45) is 0 Å². The van der Waals surface area contributed by atoms with E-state index in [0.717, 1.165) is 23.9 Å². The summed E-state index contributed by atoms with van der Waals surface area (Å²) < 4.78 is 22.0. The van der Waals surface area contributed by atoms with Gasteiger partial charge in [0.05, 0.1) is 22.9 Å². The van der Waals surface area contributed by atoms with Crippen LogP contribution in [0.5, 0.6) is 0 Å². The maximum Gasteiger partial charge on any atom is 0.259 e. The van der Waals surface area contributed by atoms with Crippen molar-refractivity contribution >= 4 is 44.8 Å². The Morgan fingerprint density at radius 3 is 2.74 bits per heavy atom. The van der Waals surface area contributed by atoms with Crippen LogP contribution in [0.15, 0.2) is 65.7 Å². The van der Waals surface area contributed by atoms with E-state index in [9.17, 15) is 14.0 Å². The SMILES string of the molecule is O=C1NC(=O)C(c2cc(F)cc3ccoc23)=C1c1c[nH]ccn2c3c(cccc13)CC2. The quantitative estimate of drug-likeness (QED) is 0.486. The summed E-state index contributed by atoms with van der Waals surface area (Å²) in [5.74, 6) is -1.61. The smallest absolute Gasteiger partial charge is 0.259 e. The van der Waals surface area contributed by atoms with E-state index < -0.39 is 17.6 Å². The molecule has 0 atom stereocenters. The highest BCUT2D eigenvalue weighted by Crippen LogP contribution is 2.38. The minimum atomic E-state index is -0.578. The maximum atomic E-state index is 14.4. The van der Waals surface area contributed by atoms with Crippen molar-refractivity contribution in [2.45, 2.75) is 13.0 Å². The van der Waals surface area contributed by atoms with Crippen LogP contribution in [0.2, 0.25) is 0 Å². The van der Waals surface area contributed by atoms with E-state index in [-0.39, 0.29) is 16.7 Å². The predicted molar refractivity (Wildman–Crippen MR) is 114 cm³/mol. The number of aromatic nitrogens is 2. The molecule has 31 heavy (non-hydrogen) atoms. The van der Waals surface area contributed by atoms with Crippen molar-refractivity contribution in [2.75, 3.05) is 0 Å². The normalized spacial score (nSPS) is 15.3. The Hall–Kier alpha value is -4.13. The number of benzene rings is 2. The van der Waals surface area contributed by atoms with Gasteiger partial charge in [-0.2, -0.15) is 0 Å². The number of hydrogen-bond acceptors (Lipinski definition) is 3. The Kier molecular flexibility index (Phi) is 3.67. The zero-order valence-corrected chi connectivity index (χ0v) is 16.2. The molecule has 6 rings (SSSR count). The number of amides is 2. The van der Waals surface area contributed by atoms with Gasteiger partial charge in [0.2, 0.25) is 0 Å². The molecule has 2 N–H and O–H groups in total. The van der Waals surface area contributed by atoms with Gasteiger partial charge in [0.1, 0.15) is 11.4 Å². The topological polar surface area (TPSA) is 80.0 Å². The molecule has 4 heterocycles. The summed E-state index contributed by atoms with van der Waals surface area (Å²) >= 11 is 0. The van der Waals surface area contributed by atoms with Gasteiger partial charge >= 0.3 is 0 Å². The third-order valence-electron chi connectivity index (χ3n) is 5.88. The van der Waals surface area contributed by atoms with Crippen LogP contribution in [-0.4, -0.2) is 21.4 Å².